The van der Waals surface area contributed by atoms with Crippen molar-refractivity contribution in [3.8, 4) is 5.75 Å². The van der Waals surface area contributed by atoms with E-state index in [1.54, 1.807) is 0 Å². The summed E-state index contributed by atoms with van der Waals surface area (Å²) >= 11 is 0. The van der Waals surface area contributed by atoms with E-state index < -0.39 is 0 Å². The van der Waals surface area contributed by atoms with Gasteiger partial charge in [-0.15, -0.1) is 0 Å². The van der Waals surface area contributed by atoms with Crippen molar-refractivity contribution in [1.29, 1.82) is 0 Å². The highest BCUT2D eigenvalue weighted by atomic mass is 16.5. The van der Waals surface area contributed by atoms with Crippen LogP contribution in [0, 0.1) is 5.92 Å². The summed E-state index contributed by atoms with van der Waals surface area (Å²) in [6.45, 7) is 5.40. The summed E-state index contributed by atoms with van der Waals surface area (Å²) in [5.41, 5.74) is 1.86. The Morgan fingerprint density at radius 1 is 1.43 bits per heavy atom. The van der Waals surface area contributed by atoms with Gasteiger partial charge in [0.1, 0.15) is 5.75 Å². The van der Waals surface area contributed by atoms with Crippen LogP contribution >= 0.6 is 0 Å². The molecule has 1 aromatic rings. The number of anilines is 1. The minimum Gasteiger partial charge on any atom is -0.482 e. The molecule has 1 heterocycles. The van der Waals surface area contributed by atoms with Gasteiger partial charge in [0.05, 0.1) is 5.69 Å². The lowest BCUT2D eigenvalue weighted by Crippen LogP contribution is -2.26. The molecule has 3 N–H and O–H groups in total. The molecule has 2 unspecified atom stereocenters. The standard InChI is InChI=1S/C16H24N2O3/c1-11(9-19)4-3-7-17-12(2)13-5-6-15-14(8-13)18-16(20)10-21-15/h5-6,8,11-12,17,19H,3-4,7,9-10H2,1-2H3,(H,18,20). The molecule has 0 aromatic heterocycles. The Morgan fingerprint density at radius 2 is 2.24 bits per heavy atom. The predicted octanol–water partition coefficient (Wildman–Crippen LogP) is 2.08. The number of carbonyl (C=O) groups is 1. The minimum atomic E-state index is -0.113. The van der Waals surface area contributed by atoms with E-state index in [-0.39, 0.29) is 25.2 Å². The zero-order valence-electron chi connectivity index (χ0n) is 12.7. The van der Waals surface area contributed by atoms with Crippen LogP contribution in [0.25, 0.3) is 0 Å². The van der Waals surface area contributed by atoms with Gasteiger partial charge in [-0.1, -0.05) is 13.0 Å². The zero-order valence-corrected chi connectivity index (χ0v) is 12.7. The van der Waals surface area contributed by atoms with Gasteiger partial charge >= 0.3 is 0 Å². The molecule has 0 spiro atoms. The molecule has 1 aliphatic heterocycles. The molecule has 5 nitrogen and oxygen atoms in total. The van der Waals surface area contributed by atoms with Crippen LogP contribution in [0.15, 0.2) is 18.2 Å². The van der Waals surface area contributed by atoms with E-state index in [0.717, 1.165) is 36.4 Å². The topological polar surface area (TPSA) is 70.6 Å². The van der Waals surface area contributed by atoms with E-state index in [9.17, 15) is 4.79 Å². The molecule has 116 valence electrons. The molecule has 21 heavy (non-hydrogen) atoms. The molecule has 2 rings (SSSR count). The number of ether oxygens (including phenoxy) is 1. The third kappa shape index (κ3) is 4.44. The summed E-state index contributed by atoms with van der Waals surface area (Å²) in [7, 11) is 0. The van der Waals surface area contributed by atoms with Gasteiger partial charge in [0.2, 0.25) is 0 Å². The minimum absolute atomic E-state index is 0.0865. The fourth-order valence-corrected chi connectivity index (χ4v) is 2.35. The first-order valence-electron chi connectivity index (χ1n) is 7.51. The Morgan fingerprint density at radius 3 is 3.00 bits per heavy atom. The Balaban J connectivity index is 1.86. The van der Waals surface area contributed by atoms with Crippen LogP contribution < -0.4 is 15.4 Å². The second-order valence-electron chi connectivity index (χ2n) is 5.70. The van der Waals surface area contributed by atoms with Gasteiger partial charge in [0.15, 0.2) is 6.61 Å². The lowest BCUT2D eigenvalue weighted by atomic mass is 10.0. The first-order valence-corrected chi connectivity index (χ1v) is 7.51. The number of benzene rings is 1. The number of aliphatic hydroxyl groups is 1. The van der Waals surface area contributed by atoms with Crippen LogP contribution in [0.5, 0.6) is 5.75 Å². The molecule has 0 aliphatic carbocycles. The summed E-state index contributed by atoms with van der Waals surface area (Å²) in [6.07, 6.45) is 2.06. The molecule has 2 atom stereocenters. The molecular weight excluding hydrogens is 268 g/mol. The van der Waals surface area contributed by atoms with E-state index in [4.69, 9.17) is 9.84 Å². The number of aliphatic hydroxyl groups excluding tert-OH is 1. The summed E-state index contributed by atoms with van der Waals surface area (Å²) in [5.74, 6) is 0.971. The fourth-order valence-electron chi connectivity index (χ4n) is 2.35. The van der Waals surface area contributed by atoms with Crippen molar-refractivity contribution in [2.75, 3.05) is 25.1 Å². The van der Waals surface area contributed by atoms with Crippen molar-refractivity contribution in [2.24, 2.45) is 5.92 Å². The average Bonchev–Trinajstić information content (AvgIpc) is 2.50. The largest absolute Gasteiger partial charge is 0.482 e. The van der Waals surface area contributed by atoms with E-state index >= 15 is 0 Å². The number of fused-ring (bicyclic) bond motifs is 1. The van der Waals surface area contributed by atoms with Crippen LogP contribution in [0.1, 0.15) is 38.3 Å². The van der Waals surface area contributed by atoms with Crippen molar-refractivity contribution in [3.63, 3.8) is 0 Å². The number of hydrogen-bond donors (Lipinski definition) is 3. The molecule has 0 radical (unpaired) electrons. The molecular formula is C16H24N2O3. The third-order valence-electron chi connectivity index (χ3n) is 3.77. The number of rotatable bonds is 7. The molecule has 1 amide bonds. The van der Waals surface area contributed by atoms with Gasteiger partial charge in [-0.3, -0.25) is 4.79 Å². The van der Waals surface area contributed by atoms with Crippen LogP contribution in [-0.2, 0) is 4.79 Å². The predicted molar refractivity (Wildman–Crippen MR) is 82.5 cm³/mol. The Hall–Kier alpha value is -1.59. The lowest BCUT2D eigenvalue weighted by Gasteiger charge is -2.21. The Labute approximate surface area is 125 Å². The Bertz CT molecular complexity index is 490. The normalized spacial score (nSPS) is 16.6. The monoisotopic (exact) mass is 292 g/mol. The number of amides is 1. The van der Waals surface area contributed by atoms with Crippen molar-refractivity contribution < 1.29 is 14.6 Å². The van der Waals surface area contributed by atoms with E-state index in [1.807, 2.05) is 18.2 Å². The third-order valence-corrected chi connectivity index (χ3v) is 3.77. The first-order chi connectivity index (χ1) is 10.1. The van der Waals surface area contributed by atoms with Gasteiger partial charge in [-0.05, 0) is 49.9 Å². The van der Waals surface area contributed by atoms with Gasteiger partial charge in [-0.2, -0.15) is 0 Å². The first kappa shape index (κ1) is 15.8. The Kier molecular flexibility index (Phi) is 5.59. The molecule has 5 heteroatoms. The van der Waals surface area contributed by atoms with Gasteiger partial charge in [0.25, 0.3) is 5.91 Å². The molecule has 1 aromatic carbocycles. The average molecular weight is 292 g/mol. The zero-order chi connectivity index (χ0) is 15.2. The van der Waals surface area contributed by atoms with Crippen LogP contribution in [0.3, 0.4) is 0 Å². The molecule has 0 saturated carbocycles. The summed E-state index contributed by atoms with van der Waals surface area (Å²) in [5, 5.41) is 15.3. The second kappa shape index (κ2) is 7.43. The SMILES string of the molecule is CC(CO)CCCNC(C)c1ccc2c(c1)NC(=O)CO2. The van der Waals surface area contributed by atoms with Crippen LogP contribution in [0.4, 0.5) is 5.69 Å². The number of nitrogens with one attached hydrogen (secondary N) is 2. The maximum absolute atomic E-state index is 11.3. The quantitative estimate of drug-likeness (QED) is 0.673. The highest BCUT2D eigenvalue weighted by molar-refractivity contribution is 5.95. The lowest BCUT2D eigenvalue weighted by molar-refractivity contribution is -0.118. The van der Waals surface area contributed by atoms with Crippen molar-refractivity contribution >= 4 is 11.6 Å². The fraction of sp³-hybridized carbons (Fsp3) is 0.562. The maximum atomic E-state index is 11.3. The van der Waals surface area contributed by atoms with Gasteiger partial charge in [0, 0.05) is 12.6 Å². The molecule has 0 saturated heterocycles. The van der Waals surface area contributed by atoms with Crippen molar-refractivity contribution in [2.45, 2.75) is 32.7 Å². The summed E-state index contributed by atoms with van der Waals surface area (Å²) in [6, 6.07) is 6.08. The molecule has 0 bridgehead atoms. The van der Waals surface area contributed by atoms with E-state index in [2.05, 4.69) is 24.5 Å². The summed E-state index contributed by atoms with van der Waals surface area (Å²) in [4.78, 5) is 11.3. The smallest absolute Gasteiger partial charge is 0.262 e. The highest BCUT2D eigenvalue weighted by Crippen LogP contribution is 2.30. The van der Waals surface area contributed by atoms with Crippen molar-refractivity contribution in [1.82, 2.24) is 5.32 Å². The maximum Gasteiger partial charge on any atom is 0.262 e. The second-order valence-corrected chi connectivity index (χ2v) is 5.70. The van der Waals surface area contributed by atoms with E-state index in [1.165, 1.54) is 0 Å². The van der Waals surface area contributed by atoms with Crippen LogP contribution in [-0.4, -0.2) is 30.8 Å². The van der Waals surface area contributed by atoms with Crippen LogP contribution in [0.2, 0.25) is 0 Å². The highest BCUT2D eigenvalue weighted by Gasteiger charge is 2.17. The summed E-state index contributed by atoms with van der Waals surface area (Å²) < 4.78 is 5.35. The van der Waals surface area contributed by atoms with Crippen molar-refractivity contribution in [3.05, 3.63) is 23.8 Å². The van der Waals surface area contributed by atoms with Gasteiger partial charge in [-0.25, -0.2) is 0 Å². The van der Waals surface area contributed by atoms with E-state index in [0.29, 0.717) is 5.92 Å². The molecule has 0 fully saturated rings. The number of hydrogen-bond acceptors (Lipinski definition) is 4. The van der Waals surface area contributed by atoms with Gasteiger partial charge < -0.3 is 20.5 Å². The number of carbonyl (C=O) groups excluding carboxylic acids is 1. The molecule has 1 aliphatic rings.